The topological polar surface area (TPSA) is 9.23 Å². The summed E-state index contributed by atoms with van der Waals surface area (Å²) >= 11 is 0. The fourth-order valence-corrected chi connectivity index (χ4v) is 0.745. The summed E-state index contributed by atoms with van der Waals surface area (Å²) in [6.07, 6.45) is -10.3. The fraction of sp³-hybridized carbons (Fsp3) is 1.00. The van der Waals surface area contributed by atoms with Gasteiger partial charge in [0.1, 0.15) is 0 Å². The van der Waals surface area contributed by atoms with Crippen molar-refractivity contribution >= 4 is 0 Å². The summed E-state index contributed by atoms with van der Waals surface area (Å²) < 4.78 is 77.0. The molecule has 0 rings (SSSR count). The van der Waals surface area contributed by atoms with Gasteiger partial charge in [-0.05, 0) is 13.3 Å². The summed E-state index contributed by atoms with van der Waals surface area (Å²) in [5.41, 5.74) is -4.07. The van der Waals surface area contributed by atoms with Crippen LogP contribution in [0.1, 0.15) is 26.7 Å². The molecule has 0 aromatic heterocycles. The van der Waals surface area contributed by atoms with E-state index in [1.165, 1.54) is 0 Å². The molecule has 0 saturated heterocycles. The molecule has 0 spiro atoms. The molecule has 0 amide bonds. The first-order valence-electron chi connectivity index (χ1n) is 4.33. The van der Waals surface area contributed by atoms with Crippen LogP contribution < -0.4 is 0 Å². The summed E-state index contributed by atoms with van der Waals surface area (Å²) in [7, 11) is 0. The molecule has 0 aliphatic rings. The highest BCUT2D eigenvalue weighted by Crippen LogP contribution is 2.45. The van der Waals surface area contributed by atoms with Crippen LogP contribution in [-0.4, -0.2) is 24.6 Å². The van der Waals surface area contributed by atoms with Gasteiger partial charge in [-0.25, -0.2) is 0 Å². The van der Waals surface area contributed by atoms with Crippen molar-refractivity contribution in [3.8, 4) is 0 Å². The molecule has 0 aromatic carbocycles. The Morgan fingerprint density at radius 1 is 0.933 bits per heavy atom. The molecule has 0 heterocycles. The normalized spacial score (nSPS) is 14.4. The van der Waals surface area contributed by atoms with Gasteiger partial charge in [-0.3, -0.25) is 0 Å². The van der Waals surface area contributed by atoms with Crippen molar-refractivity contribution in [2.45, 2.75) is 44.6 Å². The van der Waals surface area contributed by atoms with E-state index < -0.39 is 24.6 Å². The van der Waals surface area contributed by atoms with Crippen molar-refractivity contribution in [2.75, 3.05) is 6.61 Å². The molecule has 92 valence electrons. The molecule has 0 N–H and O–H groups in total. The second-order valence-corrected chi connectivity index (χ2v) is 3.23. The molecule has 7 heteroatoms. The summed E-state index contributed by atoms with van der Waals surface area (Å²) in [5.74, 6) is 0. The molecule has 1 nitrogen and oxygen atoms in total. The van der Waals surface area contributed by atoms with Gasteiger partial charge in [0, 0.05) is 6.61 Å². The Morgan fingerprint density at radius 2 is 1.33 bits per heavy atom. The molecular formula is C8H12F6O. The quantitative estimate of drug-likeness (QED) is 0.536. The standard InChI is InChI=1S/C8H12F6O/c1-3-4-5-15-6(2,7(9,10)11)8(12,13)14/h3-5H2,1-2H3. The smallest absolute Gasteiger partial charge is 0.358 e. The van der Waals surface area contributed by atoms with E-state index in [0.717, 1.165) is 0 Å². The zero-order valence-electron chi connectivity index (χ0n) is 8.30. The highest BCUT2D eigenvalue weighted by molar-refractivity contribution is 4.91. The van der Waals surface area contributed by atoms with Crippen molar-refractivity contribution < 1.29 is 31.1 Å². The van der Waals surface area contributed by atoms with Crippen molar-refractivity contribution in [1.29, 1.82) is 0 Å². The third-order valence-electron chi connectivity index (χ3n) is 1.97. The Bertz CT molecular complexity index is 180. The lowest BCUT2D eigenvalue weighted by Crippen LogP contribution is -2.56. The zero-order chi connectivity index (χ0) is 12.3. The Morgan fingerprint density at radius 3 is 1.60 bits per heavy atom. The molecule has 0 aliphatic carbocycles. The van der Waals surface area contributed by atoms with Crippen molar-refractivity contribution in [2.24, 2.45) is 0 Å². The summed E-state index contributed by atoms with van der Waals surface area (Å²) in [5, 5.41) is 0. The first-order chi connectivity index (χ1) is 6.56. The largest absolute Gasteiger partial charge is 0.426 e. The molecule has 0 unspecified atom stereocenters. The van der Waals surface area contributed by atoms with Crippen molar-refractivity contribution in [1.82, 2.24) is 0 Å². The number of alkyl halides is 6. The summed E-state index contributed by atoms with van der Waals surface area (Å²) in [4.78, 5) is 0. The summed E-state index contributed by atoms with van der Waals surface area (Å²) in [6.45, 7) is 1.08. The second kappa shape index (κ2) is 4.59. The third kappa shape index (κ3) is 3.25. The molecule has 0 radical (unpaired) electrons. The molecule has 0 fully saturated rings. The summed E-state index contributed by atoms with van der Waals surface area (Å²) in [6, 6.07) is 0. The minimum Gasteiger partial charge on any atom is -0.358 e. The number of unbranched alkanes of at least 4 members (excludes halogenated alkanes) is 1. The average molecular weight is 238 g/mol. The number of halogens is 6. The highest BCUT2D eigenvalue weighted by atomic mass is 19.4. The number of rotatable bonds is 4. The van der Waals surface area contributed by atoms with E-state index in [1.807, 2.05) is 0 Å². The molecule has 0 saturated carbocycles. The van der Waals surface area contributed by atoms with Gasteiger partial charge in [0.15, 0.2) is 0 Å². The van der Waals surface area contributed by atoms with E-state index >= 15 is 0 Å². The highest BCUT2D eigenvalue weighted by Gasteiger charge is 2.69. The van der Waals surface area contributed by atoms with Crippen LogP contribution >= 0.6 is 0 Å². The van der Waals surface area contributed by atoms with E-state index in [0.29, 0.717) is 6.42 Å². The minimum atomic E-state index is -5.46. The lowest BCUT2D eigenvalue weighted by Gasteiger charge is -2.33. The van der Waals surface area contributed by atoms with E-state index in [4.69, 9.17) is 0 Å². The number of ether oxygens (including phenoxy) is 1. The number of hydrogen-bond acceptors (Lipinski definition) is 1. The predicted molar refractivity (Wildman–Crippen MR) is 41.4 cm³/mol. The maximum Gasteiger partial charge on any atom is 0.426 e. The van der Waals surface area contributed by atoms with E-state index in [9.17, 15) is 26.3 Å². The van der Waals surface area contributed by atoms with Gasteiger partial charge in [-0.2, -0.15) is 26.3 Å². The molecule has 0 atom stereocenters. The van der Waals surface area contributed by atoms with Gasteiger partial charge < -0.3 is 4.74 Å². The van der Waals surface area contributed by atoms with Crippen molar-refractivity contribution in [3.63, 3.8) is 0 Å². The van der Waals surface area contributed by atoms with Crippen LogP contribution in [-0.2, 0) is 4.74 Å². The SMILES string of the molecule is CCCCOC(C)(C(F)(F)F)C(F)(F)F. The van der Waals surface area contributed by atoms with Gasteiger partial charge in [0.25, 0.3) is 5.60 Å². The predicted octanol–water partition coefficient (Wildman–Crippen LogP) is 3.69. The van der Waals surface area contributed by atoms with Crippen LogP contribution in [0.15, 0.2) is 0 Å². The minimum absolute atomic E-state index is 0.00264. The first-order valence-corrected chi connectivity index (χ1v) is 4.33. The molecule has 0 aliphatic heterocycles. The van der Waals surface area contributed by atoms with E-state index in [-0.39, 0.29) is 13.3 Å². The lowest BCUT2D eigenvalue weighted by atomic mass is 10.1. The maximum atomic E-state index is 12.2. The first kappa shape index (κ1) is 14.5. The van der Waals surface area contributed by atoms with Gasteiger partial charge in [-0.1, -0.05) is 13.3 Å². The van der Waals surface area contributed by atoms with Gasteiger partial charge in [0.05, 0.1) is 0 Å². The fourth-order valence-electron chi connectivity index (χ4n) is 0.745. The maximum absolute atomic E-state index is 12.2. The second-order valence-electron chi connectivity index (χ2n) is 3.23. The molecular weight excluding hydrogens is 226 g/mol. The Balaban J connectivity index is 4.74. The van der Waals surface area contributed by atoms with E-state index in [2.05, 4.69) is 4.74 Å². The Labute approximate surface area is 83.4 Å². The van der Waals surface area contributed by atoms with Crippen LogP contribution in [0.4, 0.5) is 26.3 Å². The van der Waals surface area contributed by atoms with Gasteiger partial charge >= 0.3 is 12.4 Å². The number of hydrogen-bond donors (Lipinski definition) is 0. The van der Waals surface area contributed by atoms with Crippen LogP contribution in [0.5, 0.6) is 0 Å². The third-order valence-corrected chi connectivity index (χ3v) is 1.97. The monoisotopic (exact) mass is 238 g/mol. The van der Waals surface area contributed by atoms with Gasteiger partial charge in [0.2, 0.25) is 0 Å². The zero-order valence-corrected chi connectivity index (χ0v) is 8.30. The van der Waals surface area contributed by atoms with Gasteiger partial charge in [-0.15, -0.1) is 0 Å². The van der Waals surface area contributed by atoms with E-state index in [1.54, 1.807) is 6.92 Å². The molecule has 0 aromatic rings. The van der Waals surface area contributed by atoms with Crippen LogP contribution in [0, 0.1) is 0 Å². The molecule has 0 bridgehead atoms. The van der Waals surface area contributed by atoms with Crippen LogP contribution in [0.25, 0.3) is 0 Å². The lowest BCUT2D eigenvalue weighted by molar-refractivity contribution is -0.374. The average Bonchev–Trinajstić information content (AvgIpc) is 2.00. The Kier molecular flexibility index (Phi) is 4.45. The van der Waals surface area contributed by atoms with Crippen molar-refractivity contribution in [3.05, 3.63) is 0 Å². The van der Waals surface area contributed by atoms with Crippen LogP contribution in [0.3, 0.4) is 0 Å². The molecule has 15 heavy (non-hydrogen) atoms. The van der Waals surface area contributed by atoms with Crippen LogP contribution in [0.2, 0.25) is 0 Å². The Hall–Kier alpha value is -0.460.